The number of fused-ring (bicyclic) bond motifs is 9. The van der Waals surface area contributed by atoms with Gasteiger partial charge in [-0.15, -0.1) is 9.24 Å². The van der Waals surface area contributed by atoms with Crippen molar-refractivity contribution in [3.8, 4) is 22.5 Å². The quantitative estimate of drug-likeness (QED) is 0.0754. The second kappa shape index (κ2) is 31.1. The third kappa shape index (κ3) is 13.5. The van der Waals surface area contributed by atoms with Gasteiger partial charge in [-0.25, -0.2) is 0 Å². The Morgan fingerprint density at radius 2 is 0.387 bits per heavy atom. The van der Waals surface area contributed by atoms with Crippen LogP contribution in [0.2, 0.25) is 0 Å². The molecule has 0 bridgehead atoms. The molecule has 0 aliphatic rings. The second-order valence-corrected chi connectivity index (χ2v) is 27.9. The highest BCUT2D eigenvalue weighted by atomic mass is 31.0. The van der Waals surface area contributed by atoms with Gasteiger partial charge >= 0.3 is 0 Å². The summed E-state index contributed by atoms with van der Waals surface area (Å²) >= 11 is 0. The molecule has 0 fully saturated rings. The van der Waals surface area contributed by atoms with E-state index in [9.17, 15) is 0 Å². The molecule has 8 heteroatoms. The summed E-state index contributed by atoms with van der Waals surface area (Å²) in [5.74, 6) is 0. The van der Waals surface area contributed by atoms with Gasteiger partial charge in [-0.1, -0.05) is 267 Å². The highest BCUT2D eigenvalue weighted by molar-refractivity contribution is 7.19. The first kappa shape index (κ1) is 68.8. The van der Waals surface area contributed by atoms with Crippen LogP contribution in [0.25, 0.3) is 98.4 Å². The van der Waals surface area contributed by atoms with Crippen LogP contribution in [0.1, 0.15) is 0 Å². The molecule has 0 N–H and O–H groups in total. The highest BCUT2D eigenvalue weighted by Crippen LogP contribution is 2.47. The fourth-order valence-corrected chi connectivity index (χ4v) is 15.9. The Labute approximate surface area is 651 Å². The van der Waals surface area contributed by atoms with Crippen LogP contribution in [0.4, 0.5) is 68.2 Å². The van der Waals surface area contributed by atoms with Crippen molar-refractivity contribution in [1.82, 2.24) is 9.13 Å². The standard InChI is InChI=1S/C66H48N4.C36H24N2.CH4BP/c1-4-25-52(26-5-1)68(64-34-16-22-49-19-10-13-31-61(49)64)58-43-37-55(38-44-58)67(56-39-45-59(46-40-56)69(53-27-6-2-7-28-53)65-35-17-23-50-20-11-14-32-62(50)65)57-41-47-60(48-42-57)70(54-29-8-3-9-30-54)66-36-18-24-51-21-12-15-33-63(51)66;1-5-13-33-29(9-1)30-10-2-6-14-34(30)37(33)27-21-17-25(18-22-27)26-19-23-28(24-20-26)38-35-15-7-3-11-31(35)32-12-4-8-16-36(32)38;2-1-3/h1-48H;1-24H;1,3H2. The van der Waals surface area contributed by atoms with Crippen LogP contribution in [0.15, 0.2) is 437 Å². The Hall–Kier alpha value is -14.0. The normalized spacial score (nSPS) is 11.2. The molecular formula is C103H76BN6P. The molecule has 1 unspecified atom stereocenters. The van der Waals surface area contributed by atoms with E-state index >= 15 is 0 Å². The van der Waals surface area contributed by atoms with E-state index in [4.69, 9.17) is 7.85 Å². The number of para-hydroxylation sites is 7. The van der Waals surface area contributed by atoms with Crippen molar-refractivity contribution >= 4 is 161 Å². The van der Waals surface area contributed by atoms with Crippen LogP contribution in [0, 0.1) is 0 Å². The maximum Gasteiger partial charge on any atom is 0.0709 e. The number of aromatic nitrogens is 2. The Morgan fingerprint density at radius 3 is 0.649 bits per heavy atom. The smallest absolute Gasteiger partial charge is 0.0709 e. The van der Waals surface area contributed by atoms with Gasteiger partial charge in [-0.3, -0.25) is 0 Å². The maximum absolute atomic E-state index is 4.81. The lowest BCUT2D eigenvalue weighted by Gasteiger charge is -2.31. The van der Waals surface area contributed by atoms with E-state index < -0.39 is 0 Å². The van der Waals surface area contributed by atoms with Crippen LogP contribution in [0.3, 0.4) is 0 Å². The molecule has 0 saturated carbocycles. The lowest BCUT2D eigenvalue weighted by atomic mass is 10.0. The molecule has 20 rings (SSSR count). The predicted octanol–water partition coefficient (Wildman–Crippen LogP) is 28.6. The van der Waals surface area contributed by atoms with Crippen molar-refractivity contribution in [3.63, 3.8) is 0 Å². The Bertz CT molecular complexity index is 5960. The number of rotatable bonds is 15. The zero-order valence-corrected chi connectivity index (χ0v) is 62.3. The van der Waals surface area contributed by atoms with E-state index in [0.29, 0.717) is 6.06 Å². The molecule has 0 aliphatic heterocycles. The summed E-state index contributed by atoms with van der Waals surface area (Å²) < 4.78 is 4.72. The fourth-order valence-electron chi connectivity index (χ4n) is 15.9. The summed E-state index contributed by atoms with van der Waals surface area (Å²) in [6.45, 7) is 0. The summed E-state index contributed by atoms with van der Waals surface area (Å²) in [6, 6.07) is 157. The van der Waals surface area contributed by atoms with Crippen LogP contribution in [-0.4, -0.2) is 23.0 Å². The minimum atomic E-state index is 0.667. The average Bonchev–Trinajstić information content (AvgIpc) is 1.58. The monoisotopic (exact) mass is 1440 g/mol. The predicted molar refractivity (Wildman–Crippen MR) is 479 cm³/mol. The van der Waals surface area contributed by atoms with Crippen LogP contribution < -0.4 is 19.6 Å². The van der Waals surface area contributed by atoms with Crippen LogP contribution >= 0.6 is 9.24 Å². The third-order valence-corrected chi connectivity index (χ3v) is 20.9. The third-order valence-electron chi connectivity index (χ3n) is 20.9. The molecule has 1 atom stereocenters. The minimum Gasteiger partial charge on any atom is -0.310 e. The Kier molecular flexibility index (Phi) is 19.3. The van der Waals surface area contributed by atoms with Gasteiger partial charge in [0.2, 0.25) is 0 Å². The zero-order valence-electron chi connectivity index (χ0n) is 61.1. The van der Waals surface area contributed by atoms with Gasteiger partial charge in [0.25, 0.3) is 0 Å². The van der Waals surface area contributed by atoms with Gasteiger partial charge in [-0.05, 0) is 203 Å². The van der Waals surface area contributed by atoms with E-state index in [1.54, 1.807) is 0 Å². The lowest BCUT2D eigenvalue weighted by Crippen LogP contribution is -2.14. The first-order valence-corrected chi connectivity index (χ1v) is 38.5. The molecule has 2 aromatic heterocycles. The zero-order chi connectivity index (χ0) is 74.4. The van der Waals surface area contributed by atoms with Crippen LogP contribution in [-0.2, 0) is 0 Å². The molecule has 111 heavy (non-hydrogen) atoms. The summed E-state index contributed by atoms with van der Waals surface area (Å²) in [5.41, 5.74) is 22.7. The molecule has 0 saturated heterocycles. The first-order chi connectivity index (χ1) is 55.0. The molecular weight excluding hydrogens is 1360 g/mol. The van der Waals surface area contributed by atoms with E-state index in [1.165, 1.54) is 98.4 Å². The van der Waals surface area contributed by atoms with E-state index in [0.717, 1.165) is 68.2 Å². The number of hydrogen-bond donors (Lipinski definition) is 0. The average molecular weight is 1440 g/mol. The van der Waals surface area contributed by atoms with Crippen molar-refractivity contribution in [1.29, 1.82) is 0 Å². The van der Waals surface area contributed by atoms with Crippen molar-refractivity contribution in [2.75, 3.05) is 25.7 Å². The second-order valence-electron chi connectivity index (χ2n) is 27.5. The molecule has 2 radical (unpaired) electrons. The van der Waals surface area contributed by atoms with Gasteiger partial charge in [-0.2, -0.15) is 0 Å². The number of nitrogens with zero attached hydrogens (tertiary/aromatic N) is 6. The topological polar surface area (TPSA) is 22.8 Å². The largest absolute Gasteiger partial charge is 0.310 e. The Morgan fingerprint density at radius 1 is 0.189 bits per heavy atom. The molecule has 0 aliphatic carbocycles. The SMILES string of the molecule is [B]CP.c1ccc(N(c2ccc(N(c3ccc(N(c4ccccc4)c4cccc5ccccc45)cc3)c3ccc(N(c4ccccc4)c4cccc5ccccc45)cc3)cc2)c2cccc3ccccc23)cc1.c1ccc2c(c1)c1ccccc1n2-c1ccc(-c2ccc(-n3c4ccccc4c4ccccc43)cc2)cc1. The summed E-state index contributed by atoms with van der Waals surface area (Å²) in [5, 5.41) is 12.3. The Balaban J connectivity index is 0.000000176. The number of benzene rings is 18. The maximum atomic E-state index is 4.81. The summed E-state index contributed by atoms with van der Waals surface area (Å²) in [7, 11) is 7.17. The molecule has 0 spiro atoms. The van der Waals surface area contributed by atoms with Crippen molar-refractivity contribution in [2.45, 2.75) is 0 Å². The van der Waals surface area contributed by atoms with E-state index in [-0.39, 0.29) is 0 Å². The molecule has 18 aromatic carbocycles. The van der Waals surface area contributed by atoms with Gasteiger partial charge in [0.05, 0.1) is 47.0 Å². The number of hydrogen-bond acceptors (Lipinski definition) is 4. The van der Waals surface area contributed by atoms with Crippen molar-refractivity contribution in [2.24, 2.45) is 0 Å². The molecule has 2 heterocycles. The molecule has 0 amide bonds. The summed E-state index contributed by atoms with van der Waals surface area (Å²) in [4.78, 5) is 9.43. The van der Waals surface area contributed by atoms with Crippen molar-refractivity contribution in [3.05, 3.63) is 437 Å². The van der Waals surface area contributed by atoms with E-state index in [1.807, 2.05) is 0 Å². The summed E-state index contributed by atoms with van der Waals surface area (Å²) in [6.07, 6.45) is 0. The fraction of sp³-hybridized carbons (Fsp3) is 0.00971. The molecule has 20 aromatic rings. The van der Waals surface area contributed by atoms with Gasteiger partial charge < -0.3 is 28.7 Å². The first-order valence-electron chi connectivity index (χ1n) is 37.7. The lowest BCUT2D eigenvalue weighted by molar-refractivity contribution is 1.18. The van der Waals surface area contributed by atoms with Gasteiger partial charge in [0.1, 0.15) is 0 Å². The van der Waals surface area contributed by atoms with E-state index in [2.05, 4.69) is 475 Å². The van der Waals surface area contributed by atoms with Gasteiger partial charge in [0.15, 0.2) is 0 Å². The number of anilines is 12. The molecule has 526 valence electrons. The van der Waals surface area contributed by atoms with Gasteiger partial charge in [0, 0.05) is 100 Å². The van der Waals surface area contributed by atoms with Crippen LogP contribution in [0.5, 0.6) is 0 Å². The van der Waals surface area contributed by atoms with Crippen molar-refractivity contribution < 1.29 is 0 Å². The molecule has 6 nitrogen and oxygen atoms in total. The minimum absolute atomic E-state index is 0.667. The highest BCUT2D eigenvalue weighted by Gasteiger charge is 2.23.